The molecule has 0 amide bonds. The van der Waals surface area contributed by atoms with Gasteiger partial charge in [0.2, 0.25) is 0 Å². The number of aliphatic hydroxyl groups is 2. The lowest BCUT2D eigenvalue weighted by Gasteiger charge is -2.19. The van der Waals surface area contributed by atoms with Crippen LogP contribution in [0.25, 0.3) is 0 Å². The van der Waals surface area contributed by atoms with Gasteiger partial charge >= 0.3 is 11.9 Å². The fourth-order valence-corrected chi connectivity index (χ4v) is 1.82. The second-order valence-electron chi connectivity index (χ2n) is 7.63. The van der Waals surface area contributed by atoms with E-state index in [9.17, 15) is 19.8 Å². The van der Waals surface area contributed by atoms with Crippen molar-refractivity contribution in [2.45, 2.75) is 39.9 Å². The molecule has 0 fully saturated rings. The highest BCUT2D eigenvalue weighted by atomic mass is 16.6. The summed E-state index contributed by atoms with van der Waals surface area (Å²) in [5.74, 6) is -0.112. The van der Waals surface area contributed by atoms with Crippen molar-refractivity contribution in [3.8, 4) is 11.5 Å². The lowest BCUT2D eigenvalue weighted by atomic mass is 9.97. The minimum Gasteiger partial charge on any atom is -0.491 e. The Kier molecular flexibility index (Phi) is 9.64. The summed E-state index contributed by atoms with van der Waals surface area (Å²) >= 11 is 0. The highest BCUT2D eigenvalue weighted by molar-refractivity contribution is 5.86. The van der Waals surface area contributed by atoms with Crippen LogP contribution in [0.15, 0.2) is 36.4 Å². The SMILES string of the molecule is C=C(C)C(=O)OCC(O)COc1cccc(OCC(O)COC(=O)C(C)(C)C)c1. The molecule has 1 aromatic carbocycles. The Morgan fingerprint density at radius 2 is 1.45 bits per heavy atom. The van der Waals surface area contributed by atoms with E-state index >= 15 is 0 Å². The van der Waals surface area contributed by atoms with E-state index in [-0.39, 0.29) is 32.0 Å². The molecule has 2 atom stereocenters. The summed E-state index contributed by atoms with van der Waals surface area (Å²) in [6.45, 7) is 9.62. The van der Waals surface area contributed by atoms with Crippen molar-refractivity contribution < 1.29 is 38.7 Å². The number of carbonyl (C=O) groups is 2. The number of rotatable bonds is 11. The Balaban J connectivity index is 2.39. The van der Waals surface area contributed by atoms with Crippen LogP contribution in [-0.4, -0.2) is 60.8 Å². The fourth-order valence-electron chi connectivity index (χ4n) is 1.82. The molecular formula is C21H30O8. The maximum Gasteiger partial charge on any atom is 0.333 e. The second-order valence-corrected chi connectivity index (χ2v) is 7.63. The molecule has 2 unspecified atom stereocenters. The summed E-state index contributed by atoms with van der Waals surface area (Å²) < 4.78 is 20.8. The second kappa shape index (κ2) is 11.4. The molecule has 0 aliphatic rings. The average molecular weight is 410 g/mol. The normalized spacial score (nSPS) is 13.2. The molecule has 0 saturated carbocycles. The van der Waals surface area contributed by atoms with Crippen LogP contribution in [0.2, 0.25) is 0 Å². The fraction of sp³-hybridized carbons (Fsp3) is 0.524. The van der Waals surface area contributed by atoms with Crippen molar-refractivity contribution in [1.82, 2.24) is 0 Å². The topological polar surface area (TPSA) is 112 Å². The van der Waals surface area contributed by atoms with Crippen LogP contribution >= 0.6 is 0 Å². The number of hydrogen-bond donors (Lipinski definition) is 2. The zero-order valence-electron chi connectivity index (χ0n) is 17.3. The maximum atomic E-state index is 11.7. The van der Waals surface area contributed by atoms with Crippen molar-refractivity contribution in [3.05, 3.63) is 36.4 Å². The zero-order chi connectivity index (χ0) is 22.0. The molecular weight excluding hydrogens is 380 g/mol. The monoisotopic (exact) mass is 410 g/mol. The van der Waals surface area contributed by atoms with E-state index in [1.54, 1.807) is 45.0 Å². The minimum atomic E-state index is -0.998. The zero-order valence-corrected chi connectivity index (χ0v) is 17.3. The van der Waals surface area contributed by atoms with Gasteiger partial charge in [0, 0.05) is 11.6 Å². The number of benzene rings is 1. The number of carbonyl (C=O) groups excluding carboxylic acids is 2. The van der Waals surface area contributed by atoms with Crippen LogP contribution in [0.1, 0.15) is 27.7 Å². The first-order chi connectivity index (χ1) is 13.5. The smallest absolute Gasteiger partial charge is 0.333 e. The van der Waals surface area contributed by atoms with Crippen LogP contribution in [0.5, 0.6) is 11.5 Å². The average Bonchev–Trinajstić information content (AvgIpc) is 2.66. The largest absolute Gasteiger partial charge is 0.491 e. The van der Waals surface area contributed by atoms with Crippen molar-refractivity contribution in [1.29, 1.82) is 0 Å². The molecule has 0 bridgehead atoms. The number of esters is 2. The van der Waals surface area contributed by atoms with E-state index in [1.807, 2.05) is 0 Å². The molecule has 0 saturated heterocycles. The van der Waals surface area contributed by atoms with Gasteiger partial charge in [0.1, 0.15) is 50.1 Å². The number of ether oxygens (including phenoxy) is 4. The van der Waals surface area contributed by atoms with Crippen molar-refractivity contribution in [3.63, 3.8) is 0 Å². The summed E-state index contributed by atoms with van der Waals surface area (Å²) in [6.07, 6.45) is -1.97. The van der Waals surface area contributed by atoms with Gasteiger partial charge in [0.05, 0.1) is 5.41 Å². The van der Waals surface area contributed by atoms with Crippen molar-refractivity contribution in [2.75, 3.05) is 26.4 Å². The standard InChI is InChI=1S/C21H30O8/c1-14(2)19(24)28-12-15(22)10-26-17-7-6-8-18(9-17)27-11-16(23)13-29-20(25)21(3,4)5/h6-9,15-16,22-23H,1,10-13H2,2-5H3. The lowest BCUT2D eigenvalue weighted by Crippen LogP contribution is -2.30. The van der Waals surface area contributed by atoms with Gasteiger partial charge < -0.3 is 29.2 Å². The van der Waals surface area contributed by atoms with E-state index in [1.165, 1.54) is 6.92 Å². The molecule has 8 nitrogen and oxygen atoms in total. The molecule has 162 valence electrons. The molecule has 0 spiro atoms. The van der Waals surface area contributed by atoms with Crippen LogP contribution in [0.4, 0.5) is 0 Å². The Bertz CT molecular complexity index is 692. The third-order valence-electron chi connectivity index (χ3n) is 3.46. The van der Waals surface area contributed by atoms with Gasteiger partial charge in [-0.25, -0.2) is 4.79 Å². The van der Waals surface area contributed by atoms with Crippen molar-refractivity contribution in [2.24, 2.45) is 5.41 Å². The van der Waals surface area contributed by atoms with Crippen LogP contribution in [-0.2, 0) is 19.1 Å². The Labute approximate surface area is 171 Å². The van der Waals surface area contributed by atoms with Gasteiger partial charge in [-0.15, -0.1) is 0 Å². The highest BCUT2D eigenvalue weighted by Gasteiger charge is 2.24. The third-order valence-corrected chi connectivity index (χ3v) is 3.46. The molecule has 1 aromatic rings. The first-order valence-electron chi connectivity index (χ1n) is 9.20. The first kappa shape index (κ1) is 24.5. The van der Waals surface area contributed by atoms with E-state index in [4.69, 9.17) is 18.9 Å². The van der Waals surface area contributed by atoms with Crippen LogP contribution in [0.3, 0.4) is 0 Å². The number of aliphatic hydroxyl groups excluding tert-OH is 2. The van der Waals surface area contributed by atoms with Gasteiger partial charge in [0.25, 0.3) is 0 Å². The molecule has 8 heteroatoms. The number of hydrogen-bond acceptors (Lipinski definition) is 8. The lowest BCUT2D eigenvalue weighted by molar-refractivity contribution is -0.156. The third kappa shape index (κ3) is 9.96. The quantitative estimate of drug-likeness (QED) is 0.420. The summed E-state index contributed by atoms with van der Waals surface area (Å²) in [5.41, 5.74) is -0.391. The summed E-state index contributed by atoms with van der Waals surface area (Å²) in [7, 11) is 0. The molecule has 1 rings (SSSR count). The molecule has 0 radical (unpaired) electrons. The molecule has 0 aliphatic carbocycles. The predicted octanol–water partition coefficient (Wildman–Crippen LogP) is 1.87. The van der Waals surface area contributed by atoms with Crippen molar-refractivity contribution >= 4 is 11.9 Å². The summed E-state index contributed by atoms with van der Waals surface area (Å²) in [6, 6.07) is 6.61. The van der Waals surface area contributed by atoms with Crippen LogP contribution < -0.4 is 9.47 Å². The molecule has 0 heterocycles. The van der Waals surface area contributed by atoms with Gasteiger partial charge in [0.15, 0.2) is 0 Å². The Morgan fingerprint density at radius 1 is 0.966 bits per heavy atom. The van der Waals surface area contributed by atoms with E-state index < -0.39 is 29.6 Å². The summed E-state index contributed by atoms with van der Waals surface area (Å²) in [5, 5.41) is 19.7. The van der Waals surface area contributed by atoms with Gasteiger partial charge in [-0.05, 0) is 39.8 Å². The van der Waals surface area contributed by atoms with Gasteiger partial charge in [-0.3, -0.25) is 4.79 Å². The van der Waals surface area contributed by atoms with Gasteiger partial charge in [-0.1, -0.05) is 12.6 Å². The van der Waals surface area contributed by atoms with E-state index in [0.717, 1.165) is 0 Å². The van der Waals surface area contributed by atoms with E-state index in [0.29, 0.717) is 11.5 Å². The molecule has 29 heavy (non-hydrogen) atoms. The molecule has 2 N–H and O–H groups in total. The van der Waals surface area contributed by atoms with E-state index in [2.05, 4.69) is 6.58 Å². The molecule has 0 aliphatic heterocycles. The first-order valence-corrected chi connectivity index (χ1v) is 9.20. The predicted molar refractivity (Wildman–Crippen MR) is 106 cm³/mol. The van der Waals surface area contributed by atoms with Crippen LogP contribution in [0, 0.1) is 5.41 Å². The summed E-state index contributed by atoms with van der Waals surface area (Å²) in [4.78, 5) is 23.0. The highest BCUT2D eigenvalue weighted by Crippen LogP contribution is 2.20. The Morgan fingerprint density at radius 3 is 1.90 bits per heavy atom. The minimum absolute atomic E-state index is 0.0691. The Hall–Kier alpha value is -2.58. The maximum absolute atomic E-state index is 11.7. The molecule has 0 aromatic heterocycles. The van der Waals surface area contributed by atoms with Gasteiger partial charge in [-0.2, -0.15) is 0 Å².